The van der Waals surface area contributed by atoms with Crippen molar-refractivity contribution in [2.45, 2.75) is 4.34 Å². The first-order valence-electron chi connectivity index (χ1n) is 8.59. The average Bonchev–Trinajstić information content (AvgIpc) is 3.20. The lowest BCUT2D eigenvalue weighted by molar-refractivity contribution is -0.126. The monoisotopic (exact) mass is 403 g/mol. The highest BCUT2D eigenvalue weighted by Gasteiger charge is 2.22. The predicted octanol–water partition coefficient (Wildman–Crippen LogP) is 1.74. The number of nitrogens with one attached hydrogen (secondary N) is 1. The number of thioether (sulfide) groups is 1. The fourth-order valence-corrected chi connectivity index (χ4v) is 4.31. The third-order valence-corrected chi connectivity index (χ3v) is 6.20. The first-order valence-corrected chi connectivity index (χ1v) is 10.4. The molecule has 0 bridgehead atoms. The van der Waals surface area contributed by atoms with E-state index in [2.05, 4.69) is 20.4 Å². The van der Waals surface area contributed by atoms with Gasteiger partial charge in [-0.15, -0.1) is 10.2 Å². The van der Waals surface area contributed by atoms with Crippen LogP contribution in [0.4, 0.5) is 5.13 Å². The predicted molar refractivity (Wildman–Crippen MR) is 109 cm³/mol. The lowest BCUT2D eigenvalue weighted by Gasteiger charge is -2.33. The summed E-state index contributed by atoms with van der Waals surface area (Å²) in [6, 6.07) is 9.79. The number of anilines is 1. The Morgan fingerprint density at radius 3 is 2.63 bits per heavy atom. The standard InChI is InChI=1S/C18H21N5O2S2/c1-19-15(24)13-26-18-21-20-17(27-18)23-11-9-22(10-12-23)16(25)8-7-14-5-3-2-4-6-14/h2-8H,9-13H2,1H3,(H,19,24)/b8-7+. The van der Waals surface area contributed by atoms with E-state index in [1.165, 1.54) is 23.1 Å². The number of piperazine rings is 1. The molecule has 27 heavy (non-hydrogen) atoms. The van der Waals surface area contributed by atoms with Gasteiger partial charge in [0.25, 0.3) is 0 Å². The Kier molecular flexibility index (Phi) is 6.83. The maximum absolute atomic E-state index is 12.4. The number of hydrogen-bond acceptors (Lipinski definition) is 7. The van der Waals surface area contributed by atoms with Crippen molar-refractivity contribution in [3.63, 3.8) is 0 Å². The molecule has 0 unspecified atom stereocenters. The van der Waals surface area contributed by atoms with Crippen molar-refractivity contribution >= 4 is 46.1 Å². The van der Waals surface area contributed by atoms with Gasteiger partial charge in [-0.3, -0.25) is 9.59 Å². The average molecular weight is 404 g/mol. The van der Waals surface area contributed by atoms with Gasteiger partial charge in [-0.1, -0.05) is 53.4 Å². The first kappa shape index (κ1) is 19.4. The number of benzene rings is 1. The Morgan fingerprint density at radius 1 is 1.19 bits per heavy atom. The van der Waals surface area contributed by atoms with Gasteiger partial charge in [-0.2, -0.15) is 0 Å². The molecule has 1 saturated heterocycles. The second kappa shape index (κ2) is 9.52. The van der Waals surface area contributed by atoms with Gasteiger partial charge in [0.05, 0.1) is 5.75 Å². The largest absolute Gasteiger partial charge is 0.358 e. The number of aromatic nitrogens is 2. The minimum atomic E-state index is -0.0348. The normalized spacial score (nSPS) is 14.6. The molecule has 1 N–H and O–H groups in total. The van der Waals surface area contributed by atoms with Crippen molar-refractivity contribution in [3.8, 4) is 0 Å². The Balaban J connectivity index is 1.48. The van der Waals surface area contributed by atoms with Gasteiger partial charge >= 0.3 is 0 Å². The molecule has 1 aromatic carbocycles. The Morgan fingerprint density at radius 2 is 1.93 bits per heavy atom. The lowest BCUT2D eigenvalue weighted by Crippen LogP contribution is -2.48. The molecule has 1 aromatic heterocycles. The van der Waals surface area contributed by atoms with Gasteiger partial charge in [-0.25, -0.2) is 0 Å². The van der Waals surface area contributed by atoms with Crippen LogP contribution in [0.3, 0.4) is 0 Å². The summed E-state index contributed by atoms with van der Waals surface area (Å²) in [6.07, 6.45) is 3.47. The second-order valence-electron chi connectivity index (χ2n) is 5.87. The molecule has 0 spiro atoms. The summed E-state index contributed by atoms with van der Waals surface area (Å²) < 4.78 is 0.776. The topological polar surface area (TPSA) is 78.4 Å². The van der Waals surface area contributed by atoms with E-state index in [0.29, 0.717) is 18.8 Å². The molecule has 0 radical (unpaired) electrons. The molecule has 3 rings (SSSR count). The molecular weight excluding hydrogens is 382 g/mol. The maximum atomic E-state index is 12.4. The Labute approximate surface area is 166 Å². The van der Waals surface area contributed by atoms with Crippen LogP contribution in [0.2, 0.25) is 0 Å². The van der Waals surface area contributed by atoms with Crippen molar-refractivity contribution in [1.29, 1.82) is 0 Å². The quantitative estimate of drug-likeness (QED) is 0.585. The zero-order valence-electron chi connectivity index (χ0n) is 15.0. The van der Waals surface area contributed by atoms with Crippen LogP contribution in [-0.2, 0) is 9.59 Å². The van der Waals surface area contributed by atoms with E-state index in [9.17, 15) is 9.59 Å². The maximum Gasteiger partial charge on any atom is 0.246 e. The van der Waals surface area contributed by atoms with Crippen LogP contribution in [0.25, 0.3) is 6.08 Å². The van der Waals surface area contributed by atoms with E-state index in [4.69, 9.17) is 0 Å². The molecule has 2 heterocycles. The van der Waals surface area contributed by atoms with Crippen LogP contribution in [-0.4, -0.2) is 65.9 Å². The summed E-state index contributed by atoms with van der Waals surface area (Å²) in [4.78, 5) is 27.6. The van der Waals surface area contributed by atoms with Crippen LogP contribution >= 0.6 is 23.1 Å². The summed E-state index contributed by atoms with van der Waals surface area (Å²) in [6.45, 7) is 2.75. The molecule has 1 fully saturated rings. The number of carbonyl (C=O) groups excluding carboxylic acids is 2. The number of carbonyl (C=O) groups is 2. The van der Waals surface area contributed by atoms with Crippen molar-refractivity contribution in [1.82, 2.24) is 20.4 Å². The summed E-state index contributed by atoms with van der Waals surface area (Å²) in [5, 5.41) is 11.8. The number of nitrogens with zero attached hydrogens (tertiary/aromatic N) is 4. The number of amides is 2. The molecule has 0 aliphatic carbocycles. The van der Waals surface area contributed by atoms with Crippen molar-refractivity contribution in [2.24, 2.45) is 0 Å². The Bertz CT molecular complexity index is 801. The van der Waals surface area contributed by atoms with Crippen molar-refractivity contribution in [3.05, 3.63) is 42.0 Å². The van der Waals surface area contributed by atoms with Crippen molar-refractivity contribution < 1.29 is 9.59 Å². The van der Waals surface area contributed by atoms with E-state index >= 15 is 0 Å². The third kappa shape index (κ3) is 5.54. The highest BCUT2D eigenvalue weighted by molar-refractivity contribution is 8.01. The molecule has 2 aromatic rings. The highest BCUT2D eigenvalue weighted by Crippen LogP contribution is 2.28. The van der Waals surface area contributed by atoms with E-state index in [1.54, 1.807) is 13.1 Å². The minimum Gasteiger partial charge on any atom is -0.358 e. The first-order chi connectivity index (χ1) is 13.2. The molecule has 1 aliphatic heterocycles. The van der Waals surface area contributed by atoms with E-state index < -0.39 is 0 Å². The van der Waals surface area contributed by atoms with Crippen LogP contribution in [0.15, 0.2) is 40.7 Å². The molecule has 0 saturated carbocycles. The minimum absolute atomic E-state index is 0.0255. The Hall–Kier alpha value is -2.39. The summed E-state index contributed by atoms with van der Waals surface area (Å²) in [5.74, 6) is 0.325. The summed E-state index contributed by atoms with van der Waals surface area (Å²) >= 11 is 2.86. The third-order valence-electron chi connectivity index (χ3n) is 4.08. The van der Waals surface area contributed by atoms with Gasteiger partial charge < -0.3 is 15.1 Å². The number of hydrogen-bond donors (Lipinski definition) is 1. The molecule has 9 heteroatoms. The second-order valence-corrected chi connectivity index (χ2v) is 8.05. The highest BCUT2D eigenvalue weighted by atomic mass is 32.2. The fourth-order valence-electron chi connectivity index (χ4n) is 2.54. The van der Waals surface area contributed by atoms with Crippen LogP contribution < -0.4 is 10.2 Å². The van der Waals surface area contributed by atoms with Crippen LogP contribution in [0, 0.1) is 0 Å². The molecule has 0 atom stereocenters. The molecular formula is C18H21N5O2S2. The smallest absolute Gasteiger partial charge is 0.246 e. The van der Waals surface area contributed by atoms with Gasteiger partial charge in [0.2, 0.25) is 16.9 Å². The fraction of sp³-hybridized carbons (Fsp3) is 0.333. The van der Waals surface area contributed by atoms with Gasteiger partial charge in [0.15, 0.2) is 4.34 Å². The van der Waals surface area contributed by atoms with Gasteiger partial charge in [0.1, 0.15) is 0 Å². The molecule has 7 nitrogen and oxygen atoms in total. The van der Waals surface area contributed by atoms with E-state index in [1.807, 2.05) is 41.3 Å². The SMILES string of the molecule is CNC(=O)CSc1nnc(N2CCN(C(=O)/C=C/c3ccccc3)CC2)s1. The van der Waals surface area contributed by atoms with Gasteiger partial charge in [-0.05, 0) is 11.6 Å². The van der Waals surface area contributed by atoms with E-state index in [0.717, 1.165) is 28.1 Å². The zero-order valence-corrected chi connectivity index (χ0v) is 16.6. The number of rotatable bonds is 6. The molecule has 1 aliphatic rings. The van der Waals surface area contributed by atoms with E-state index in [-0.39, 0.29) is 11.8 Å². The van der Waals surface area contributed by atoms with Crippen LogP contribution in [0.5, 0.6) is 0 Å². The molecule has 2 amide bonds. The lowest BCUT2D eigenvalue weighted by atomic mass is 10.2. The molecule has 142 valence electrons. The van der Waals surface area contributed by atoms with Crippen molar-refractivity contribution in [2.75, 3.05) is 43.9 Å². The van der Waals surface area contributed by atoms with Gasteiger partial charge in [0, 0.05) is 39.3 Å². The summed E-state index contributed by atoms with van der Waals surface area (Å²) in [7, 11) is 1.62. The van der Waals surface area contributed by atoms with Crippen LogP contribution in [0.1, 0.15) is 5.56 Å². The summed E-state index contributed by atoms with van der Waals surface area (Å²) in [5.41, 5.74) is 1.01. The zero-order chi connectivity index (χ0) is 19.1.